The molecule has 3 rings (SSSR count). The van der Waals surface area contributed by atoms with Crippen LogP contribution >= 0.6 is 0 Å². The Hall–Kier alpha value is -2.34. The summed E-state index contributed by atoms with van der Waals surface area (Å²) in [5.74, 6) is -0.0454. The van der Waals surface area contributed by atoms with Crippen molar-refractivity contribution in [2.24, 2.45) is 0 Å². The Morgan fingerprint density at radius 2 is 1.86 bits per heavy atom. The van der Waals surface area contributed by atoms with Crippen LogP contribution in [0.5, 0.6) is 0 Å². The maximum absolute atomic E-state index is 12.8. The van der Waals surface area contributed by atoms with Crippen molar-refractivity contribution < 1.29 is 13.2 Å². The normalized spacial score (nSPS) is 17.2. The monoisotopic (exact) mass is 400 g/mol. The van der Waals surface area contributed by atoms with Crippen molar-refractivity contribution >= 4 is 21.6 Å². The van der Waals surface area contributed by atoms with Crippen molar-refractivity contribution in [3.05, 3.63) is 64.7 Å². The zero-order valence-electron chi connectivity index (χ0n) is 16.7. The highest BCUT2D eigenvalue weighted by molar-refractivity contribution is 7.92. The molecule has 0 saturated carbocycles. The van der Waals surface area contributed by atoms with Crippen LogP contribution < -0.4 is 9.62 Å². The van der Waals surface area contributed by atoms with Crippen molar-refractivity contribution in [3.63, 3.8) is 0 Å². The van der Waals surface area contributed by atoms with Crippen molar-refractivity contribution in [2.45, 2.75) is 46.1 Å². The quantitative estimate of drug-likeness (QED) is 0.826. The second-order valence-corrected chi connectivity index (χ2v) is 9.40. The Kier molecular flexibility index (Phi) is 6.08. The summed E-state index contributed by atoms with van der Waals surface area (Å²) in [6.07, 6.45) is 2.50. The first kappa shape index (κ1) is 20.4. The maximum Gasteiger partial charge on any atom is 0.251 e. The number of rotatable bonds is 5. The number of nitrogens with zero attached hydrogens (tertiary/aromatic N) is 1. The van der Waals surface area contributed by atoms with Gasteiger partial charge < -0.3 is 5.32 Å². The van der Waals surface area contributed by atoms with Gasteiger partial charge in [-0.2, -0.15) is 0 Å². The number of anilines is 1. The Bertz CT molecular complexity index is 952. The van der Waals surface area contributed by atoms with Crippen LogP contribution in [0.3, 0.4) is 0 Å². The largest absolute Gasteiger partial charge is 0.346 e. The summed E-state index contributed by atoms with van der Waals surface area (Å²) in [6.45, 7) is 6.40. The molecular weight excluding hydrogens is 372 g/mol. The third-order valence-corrected chi connectivity index (χ3v) is 7.18. The van der Waals surface area contributed by atoms with Gasteiger partial charge in [-0.15, -0.1) is 0 Å². The average Bonchev–Trinajstić information content (AvgIpc) is 2.68. The van der Waals surface area contributed by atoms with E-state index in [1.54, 1.807) is 12.1 Å². The fourth-order valence-corrected chi connectivity index (χ4v) is 5.18. The Morgan fingerprint density at radius 1 is 1.14 bits per heavy atom. The van der Waals surface area contributed by atoms with E-state index in [1.807, 2.05) is 32.0 Å². The lowest BCUT2D eigenvalue weighted by Gasteiger charge is -2.29. The molecule has 1 aliphatic heterocycles. The minimum atomic E-state index is -3.31. The van der Waals surface area contributed by atoms with Crippen molar-refractivity contribution in [3.8, 4) is 0 Å². The lowest BCUT2D eigenvalue weighted by molar-refractivity contribution is 0.0940. The van der Waals surface area contributed by atoms with Gasteiger partial charge >= 0.3 is 0 Å². The number of aryl methyl sites for hydroxylation is 2. The first-order valence-corrected chi connectivity index (χ1v) is 11.4. The summed E-state index contributed by atoms with van der Waals surface area (Å²) in [5.41, 5.74) is 4.22. The molecule has 28 heavy (non-hydrogen) atoms. The molecule has 150 valence electrons. The number of hydrogen-bond donors (Lipinski definition) is 1. The summed E-state index contributed by atoms with van der Waals surface area (Å²) >= 11 is 0. The van der Waals surface area contributed by atoms with Crippen molar-refractivity contribution in [1.29, 1.82) is 0 Å². The predicted molar refractivity (Wildman–Crippen MR) is 113 cm³/mol. The Balaban J connectivity index is 1.80. The summed E-state index contributed by atoms with van der Waals surface area (Å²) in [6, 6.07) is 13.3. The molecule has 1 N–H and O–H groups in total. The first-order chi connectivity index (χ1) is 13.3. The van der Waals surface area contributed by atoms with Gasteiger partial charge in [-0.1, -0.05) is 37.3 Å². The molecule has 6 heteroatoms. The van der Waals surface area contributed by atoms with E-state index < -0.39 is 10.0 Å². The zero-order chi connectivity index (χ0) is 20.3. The molecule has 1 amide bonds. The molecule has 0 radical (unpaired) electrons. The number of benzene rings is 2. The molecule has 0 bridgehead atoms. The number of amides is 1. The van der Waals surface area contributed by atoms with Crippen LogP contribution in [-0.4, -0.2) is 26.6 Å². The average molecular weight is 401 g/mol. The van der Waals surface area contributed by atoms with Crippen molar-refractivity contribution in [1.82, 2.24) is 5.32 Å². The summed E-state index contributed by atoms with van der Waals surface area (Å²) in [7, 11) is -3.31. The minimum absolute atomic E-state index is 0.137. The smallest absolute Gasteiger partial charge is 0.251 e. The molecule has 1 aliphatic rings. The zero-order valence-corrected chi connectivity index (χ0v) is 17.6. The summed E-state index contributed by atoms with van der Waals surface area (Å²) in [5, 5.41) is 3.01. The molecule has 2 aromatic carbocycles. The number of nitrogens with one attached hydrogen (secondary N) is 1. The summed E-state index contributed by atoms with van der Waals surface area (Å²) < 4.78 is 26.4. The van der Waals surface area contributed by atoms with Crippen LogP contribution in [0.4, 0.5) is 5.69 Å². The molecule has 0 spiro atoms. The second kappa shape index (κ2) is 8.35. The topological polar surface area (TPSA) is 66.5 Å². The van der Waals surface area contributed by atoms with Gasteiger partial charge in [-0.25, -0.2) is 8.42 Å². The molecular formula is C22H28N2O3S. The van der Waals surface area contributed by atoms with Crippen LogP contribution in [-0.2, 0) is 16.4 Å². The highest BCUT2D eigenvalue weighted by Crippen LogP contribution is 2.28. The number of hydrogen-bond acceptors (Lipinski definition) is 3. The molecule has 2 aromatic rings. The molecule has 5 nitrogen and oxygen atoms in total. The number of carbonyl (C=O) groups is 1. The Labute approximate surface area is 167 Å². The maximum atomic E-state index is 12.8. The first-order valence-electron chi connectivity index (χ1n) is 9.82. The molecule has 0 aromatic heterocycles. The Morgan fingerprint density at radius 3 is 2.50 bits per heavy atom. The predicted octanol–water partition coefficient (Wildman–Crippen LogP) is 3.98. The van der Waals surface area contributed by atoms with Gasteiger partial charge in [0.15, 0.2) is 0 Å². The third kappa shape index (κ3) is 4.38. The van der Waals surface area contributed by atoms with Crippen LogP contribution in [0.15, 0.2) is 42.5 Å². The van der Waals surface area contributed by atoms with E-state index in [9.17, 15) is 13.2 Å². The van der Waals surface area contributed by atoms with E-state index >= 15 is 0 Å². The number of sulfonamides is 1. The highest BCUT2D eigenvalue weighted by Gasteiger charge is 2.27. The van der Waals surface area contributed by atoms with E-state index in [-0.39, 0.29) is 17.7 Å². The standard InChI is InChI=1S/C22H28N2O3S/c1-4-18-8-11-19(12-9-18)17(3)23-22(25)20-10-7-16(2)21(15-20)24-13-5-6-14-28(24,26)27/h7-12,15,17H,4-6,13-14H2,1-3H3,(H,23,25)/t17-/m1/s1. The lowest BCUT2D eigenvalue weighted by Crippen LogP contribution is -2.38. The van der Waals surface area contributed by atoms with Crippen molar-refractivity contribution in [2.75, 3.05) is 16.6 Å². The van der Waals surface area contributed by atoms with Gasteiger partial charge in [0.1, 0.15) is 0 Å². The SMILES string of the molecule is CCc1ccc([C@@H](C)NC(=O)c2ccc(C)c(N3CCCCS3(=O)=O)c2)cc1. The molecule has 0 unspecified atom stereocenters. The van der Waals surface area contributed by atoms with E-state index in [2.05, 4.69) is 24.4 Å². The lowest BCUT2D eigenvalue weighted by atomic mass is 10.0. The summed E-state index contributed by atoms with van der Waals surface area (Å²) in [4.78, 5) is 12.8. The molecule has 1 atom stereocenters. The van der Waals surface area contributed by atoms with E-state index in [1.165, 1.54) is 9.87 Å². The molecule has 1 saturated heterocycles. The van der Waals surface area contributed by atoms with Gasteiger partial charge in [-0.05, 0) is 61.9 Å². The highest BCUT2D eigenvalue weighted by atomic mass is 32.2. The van der Waals surface area contributed by atoms with Crippen LogP contribution in [0.1, 0.15) is 59.8 Å². The molecule has 0 aliphatic carbocycles. The number of carbonyl (C=O) groups excluding carboxylic acids is 1. The van der Waals surface area contributed by atoms with Gasteiger partial charge in [0.05, 0.1) is 17.5 Å². The fraction of sp³-hybridized carbons (Fsp3) is 0.409. The van der Waals surface area contributed by atoms with Gasteiger partial charge in [0.25, 0.3) is 5.91 Å². The second-order valence-electron chi connectivity index (χ2n) is 7.39. The van der Waals surface area contributed by atoms with Gasteiger partial charge in [0, 0.05) is 12.1 Å². The van der Waals surface area contributed by atoms with E-state index in [0.29, 0.717) is 24.2 Å². The molecule has 1 fully saturated rings. The van der Waals surface area contributed by atoms with Gasteiger partial charge in [-0.3, -0.25) is 9.10 Å². The molecule has 1 heterocycles. The van der Waals surface area contributed by atoms with E-state index in [4.69, 9.17) is 0 Å². The minimum Gasteiger partial charge on any atom is -0.346 e. The fourth-order valence-electron chi connectivity index (χ4n) is 3.48. The third-order valence-electron chi connectivity index (χ3n) is 5.32. The van der Waals surface area contributed by atoms with Crippen LogP contribution in [0.2, 0.25) is 0 Å². The van der Waals surface area contributed by atoms with E-state index in [0.717, 1.165) is 24.0 Å². The van der Waals surface area contributed by atoms with Crippen LogP contribution in [0, 0.1) is 6.92 Å². The van der Waals surface area contributed by atoms with Gasteiger partial charge in [0.2, 0.25) is 10.0 Å². The van der Waals surface area contributed by atoms with Crippen LogP contribution in [0.25, 0.3) is 0 Å².